The van der Waals surface area contributed by atoms with E-state index in [-0.39, 0.29) is 5.82 Å². The van der Waals surface area contributed by atoms with Crippen LogP contribution in [0.5, 0.6) is 0 Å². The van der Waals surface area contributed by atoms with Crippen LogP contribution in [0.15, 0.2) is 66.9 Å². The Morgan fingerprint density at radius 1 is 1.14 bits per heavy atom. The molecule has 0 bridgehead atoms. The average Bonchev–Trinajstić information content (AvgIpc) is 3.27. The Kier molecular flexibility index (Phi) is 6.13. The molecule has 182 valence electrons. The number of aromatic amines is 1. The average molecular weight is 485 g/mol. The molecule has 0 aliphatic carbocycles. The monoisotopic (exact) mass is 484 g/mol. The molecule has 6 N–H and O–H groups in total. The second-order valence-corrected chi connectivity index (χ2v) is 8.70. The number of hydrogen-bond acceptors (Lipinski definition) is 5. The molecular formula is C28H25FN4O3. The van der Waals surface area contributed by atoms with Gasteiger partial charge in [0.25, 0.3) is 5.91 Å². The zero-order valence-electron chi connectivity index (χ0n) is 19.5. The third-order valence-electron chi connectivity index (χ3n) is 6.47. The molecule has 0 aliphatic heterocycles. The van der Waals surface area contributed by atoms with E-state index in [2.05, 4.69) is 15.3 Å². The van der Waals surface area contributed by atoms with E-state index >= 15 is 0 Å². The number of carbonyl (C=O) groups excluding carboxylic acids is 1. The largest absolute Gasteiger partial charge is 0.393 e. The summed E-state index contributed by atoms with van der Waals surface area (Å²) < 4.78 is 13.2. The summed E-state index contributed by atoms with van der Waals surface area (Å²) in [6.45, 7) is 2.05. The number of rotatable bonds is 7. The molecule has 0 aliphatic rings. The Bertz CT molecular complexity index is 1590. The Morgan fingerprint density at radius 3 is 2.69 bits per heavy atom. The van der Waals surface area contributed by atoms with E-state index in [4.69, 9.17) is 5.73 Å². The molecule has 0 saturated carbocycles. The molecule has 5 aromatic rings. The standard InChI is InChI=1S/C28H25FN4O3/c1-15-19(3-2-4-23(15)32-13-18-7-6-17(29)12-31-18)20-9-10-22(28(30)36)27-26(20)21-8-5-16(25(35)14-34)11-24(21)33-27/h2-12,25,32-35H,13-14H2,1H3,(H2,30,36). The molecule has 3 aromatic carbocycles. The lowest BCUT2D eigenvalue weighted by molar-refractivity contribution is 0.0957. The number of aliphatic hydroxyl groups is 2. The lowest BCUT2D eigenvalue weighted by atomic mass is 9.93. The van der Waals surface area contributed by atoms with Crippen LogP contribution in [0.25, 0.3) is 32.9 Å². The third kappa shape index (κ3) is 4.17. The SMILES string of the molecule is Cc1c(NCc2ccc(F)cn2)cccc1-c1ccc(C(N)=O)c2[nH]c3cc(C(O)CO)ccc3c12. The van der Waals surface area contributed by atoms with Crippen molar-refractivity contribution in [3.8, 4) is 11.1 Å². The van der Waals surface area contributed by atoms with Gasteiger partial charge in [-0.05, 0) is 59.5 Å². The molecule has 2 heterocycles. The van der Waals surface area contributed by atoms with Gasteiger partial charge in [0.1, 0.15) is 11.9 Å². The Morgan fingerprint density at radius 2 is 1.97 bits per heavy atom. The second-order valence-electron chi connectivity index (χ2n) is 8.70. The van der Waals surface area contributed by atoms with Gasteiger partial charge in [-0.2, -0.15) is 0 Å². The Hall–Kier alpha value is -4.27. The van der Waals surface area contributed by atoms with E-state index in [9.17, 15) is 19.4 Å². The molecule has 0 fully saturated rings. The fraction of sp³-hybridized carbons (Fsp3) is 0.143. The third-order valence-corrected chi connectivity index (χ3v) is 6.47. The van der Waals surface area contributed by atoms with Crippen LogP contribution in [-0.4, -0.2) is 32.7 Å². The van der Waals surface area contributed by atoms with Gasteiger partial charge < -0.3 is 26.2 Å². The highest BCUT2D eigenvalue weighted by atomic mass is 19.1. The van der Waals surface area contributed by atoms with Crippen LogP contribution in [0.2, 0.25) is 0 Å². The maximum Gasteiger partial charge on any atom is 0.250 e. The number of nitrogens with zero attached hydrogens (tertiary/aromatic N) is 1. The lowest BCUT2D eigenvalue weighted by Crippen LogP contribution is -2.11. The van der Waals surface area contributed by atoms with Crippen LogP contribution >= 0.6 is 0 Å². The highest BCUT2D eigenvalue weighted by Crippen LogP contribution is 2.39. The molecule has 7 nitrogen and oxygen atoms in total. The number of aliphatic hydroxyl groups excluding tert-OH is 2. The molecule has 1 atom stereocenters. The van der Waals surface area contributed by atoms with E-state index in [0.29, 0.717) is 28.9 Å². The highest BCUT2D eigenvalue weighted by Gasteiger charge is 2.19. The minimum absolute atomic E-state index is 0.364. The summed E-state index contributed by atoms with van der Waals surface area (Å²) in [5.41, 5.74) is 12.4. The number of nitrogens with two attached hydrogens (primary N) is 1. The quantitative estimate of drug-likeness (QED) is 0.232. The summed E-state index contributed by atoms with van der Waals surface area (Å²) in [7, 11) is 0. The number of nitrogens with one attached hydrogen (secondary N) is 2. The number of H-pyrrole nitrogens is 1. The summed E-state index contributed by atoms with van der Waals surface area (Å²) in [4.78, 5) is 19.6. The van der Waals surface area contributed by atoms with Gasteiger partial charge in [0.15, 0.2) is 0 Å². The lowest BCUT2D eigenvalue weighted by Gasteiger charge is -2.15. The summed E-state index contributed by atoms with van der Waals surface area (Å²) in [6, 6.07) is 17.9. The van der Waals surface area contributed by atoms with Crippen LogP contribution in [0, 0.1) is 12.7 Å². The van der Waals surface area contributed by atoms with Crippen molar-refractivity contribution in [1.82, 2.24) is 9.97 Å². The molecule has 0 saturated heterocycles. The van der Waals surface area contributed by atoms with E-state index in [1.165, 1.54) is 12.3 Å². The van der Waals surface area contributed by atoms with Gasteiger partial charge in [-0.25, -0.2) is 4.39 Å². The number of carbonyl (C=O) groups is 1. The first kappa shape index (κ1) is 23.5. The van der Waals surface area contributed by atoms with Crippen LogP contribution in [0.4, 0.5) is 10.1 Å². The maximum absolute atomic E-state index is 13.2. The van der Waals surface area contributed by atoms with Crippen LogP contribution in [0.3, 0.4) is 0 Å². The van der Waals surface area contributed by atoms with Gasteiger partial charge in [0, 0.05) is 22.0 Å². The van der Waals surface area contributed by atoms with Crippen molar-refractivity contribution in [2.45, 2.75) is 19.6 Å². The maximum atomic E-state index is 13.2. The topological polar surface area (TPSA) is 124 Å². The number of fused-ring (bicyclic) bond motifs is 3. The minimum Gasteiger partial charge on any atom is -0.393 e. The summed E-state index contributed by atoms with van der Waals surface area (Å²) >= 11 is 0. The Labute approximate surface area is 206 Å². The molecule has 1 unspecified atom stereocenters. The number of benzene rings is 3. The molecule has 8 heteroatoms. The van der Waals surface area contributed by atoms with Crippen molar-refractivity contribution in [2.75, 3.05) is 11.9 Å². The molecule has 0 spiro atoms. The molecule has 0 radical (unpaired) electrons. The van der Waals surface area contributed by atoms with Gasteiger partial charge in [-0.1, -0.05) is 30.3 Å². The summed E-state index contributed by atoms with van der Waals surface area (Å²) in [5, 5.41) is 24.5. The van der Waals surface area contributed by atoms with Crippen molar-refractivity contribution in [3.63, 3.8) is 0 Å². The van der Waals surface area contributed by atoms with E-state index in [1.807, 2.05) is 37.3 Å². The predicted molar refractivity (Wildman–Crippen MR) is 138 cm³/mol. The van der Waals surface area contributed by atoms with Crippen molar-refractivity contribution >= 4 is 33.4 Å². The van der Waals surface area contributed by atoms with Crippen molar-refractivity contribution in [1.29, 1.82) is 0 Å². The number of primary amides is 1. The number of halogens is 1. The predicted octanol–water partition coefficient (Wildman–Crippen LogP) is 4.57. The number of pyridine rings is 1. The van der Waals surface area contributed by atoms with E-state index in [1.54, 1.807) is 24.3 Å². The first-order valence-corrected chi connectivity index (χ1v) is 11.5. The number of hydrogen-bond donors (Lipinski definition) is 5. The van der Waals surface area contributed by atoms with Crippen molar-refractivity contribution in [3.05, 3.63) is 95.1 Å². The molecule has 2 aromatic heterocycles. The van der Waals surface area contributed by atoms with Crippen molar-refractivity contribution < 1.29 is 19.4 Å². The van der Waals surface area contributed by atoms with Gasteiger partial charge in [0.2, 0.25) is 0 Å². The van der Waals surface area contributed by atoms with Gasteiger partial charge in [-0.3, -0.25) is 9.78 Å². The van der Waals surface area contributed by atoms with Crippen molar-refractivity contribution in [2.24, 2.45) is 5.73 Å². The zero-order valence-corrected chi connectivity index (χ0v) is 19.5. The fourth-order valence-electron chi connectivity index (χ4n) is 4.59. The number of aromatic nitrogens is 2. The van der Waals surface area contributed by atoms with E-state index < -0.39 is 18.6 Å². The molecule has 1 amide bonds. The van der Waals surface area contributed by atoms with Crippen LogP contribution < -0.4 is 11.1 Å². The first-order chi connectivity index (χ1) is 17.4. The molecular weight excluding hydrogens is 459 g/mol. The smallest absolute Gasteiger partial charge is 0.250 e. The zero-order chi connectivity index (χ0) is 25.4. The minimum atomic E-state index is -1.00. The Balaban J connectivity index is 1.64. The van der Waals surface area contributed by atoms with Gasteiger partial charge >= 0.3 is 0 Å². The van der Waals surface area contributed by atoms with Crippen LogP contribution in [0.1, 0.15) is 33.3 Å². The fourth-order valence-corrected chi connectivity index (χ4v) is 4.59. The number of anilines is 1. The number of amides is 1. The highest BCUT2D eigenvalue weighted by molar-refractivity contribution is 6.20. The first-order valence-electron chi connectivity index (χ1n) is 11.5. The van der Waals surface area contributed by atoms with E-state index in [0.717, 1.165) is 38.7 Å². The molecule has 36 heavy (non-hydrogen) atoms. The second kappa shape index (κ2) is 9.41. The van der Waals surface area contributed by atoms with Gasteiger partial charge in [0.05, 0.1) is 36.1 Å². The molecule has 5 rings (SSSR count). The normalized spacial score (nSPS) is 12.2. The van der Waals surface area contributed by atoms with Crippen LogP contribution in [-0.2, 0) is 6.54 Å². The summed E-state index contributed by atoms with van der Waals surface area (Å²) in [6.07, 6.45) is 0.190. The summed E-state index contributed by atoms with van der Waals surface area (Å²) in [5.74, 6) is -0.926. The van der Waals surface area contributed by atoms with Gasteiger partial charge in [-0.15, -0.1) is 0 Å².